The number of aryl methyl sites for hydroxylation is 3. The van der Waals surface area contributed by atoms with Crippen LogP contribution in [0.2, 0.25) is 0 Å². The van der Waals surface area contributed by atoms with E-state index in [2.05, 4.69) is 10.3 Å². The zero-order chi connectivity index (χ0) is 32.1. The summed E-state index contributed by atoms with van der Waals surface area (Å²) in [5.41, 5.74) is 2.96. The van der Waals surface area contributed by atoms with Crippen molar-refractivity contribution in [1.29, 1.82) is 0 Å². The van der Waals surface area contributed by atoms with Gasteiger partial charge in [0.25, 0.3) is 11.5 Å². The maximum atomic E-state index is 14.0. The molecule has 0 radical (unpaired) electrons. The van der Waals surface area contributed by atoms with Crippen LogP contribution in [-0.4, -0.2) is 25.7 Å². The number of ether oxygens (including phenoxy) is 1. The number of anilines is 1. The maximum Gasteiger partial charge on any atom is 0.274 e. The Morgan fingerprint density at radius 3 is 2.32 bits per heavy atom. The number of benzene rings is 3. The van der Waals surface area contributed by atoms with Crippen LogP contribution in [0.4, 0.5) is 10.1 Å². The number of hydrogen-bond acceptors (Lipinski definition) is 5. The van der Waals surface area contributed by atoms with Crippen molar-refractivity contribution in [1.82, 2.24) is 9.55 Å². The third-order valence-corrected chi connectivity index (χ3v) is 7.73. The lowest BCUT2D eigenvalue weighted by Crippen LogP contribution is -2.18. The second-order valence-corrected chi connectivity index (χ2v) is 12.1. The van der Waals surface area contributed by atoms with Gasteiger partial charge in [0.15, 0.2) is 0 Å². The van der Waals surface area contributed by atoms with E-state index in [1.54, 1.807) is 77.3 Å². The molecule has 4 N–H and O–H groups in total. The number of nitrogens with zero attached hydrogens (tertiary/aromatic N) is 1. The first-order valence-corrected chi connectivity index (χ1v) is 14.3. The molecule has 0 atom stereocenters. The second-order valence-electron chi connectivity index (χ2n) is 12.1. The first kappa shape index (κ1) is 30.6. The van der Waals surface area contributed by atoms with Crippen molar-refractivity contribution in [3.05, 3.63) is 105 Å². The smallest absolute Gasteiger partial charge is 0.274 e. The molecule has 2 aromatic heterocycles. The van der Waals surface area contributed by atoms with Crippen molar-refractivity contribution in [2.24, 2.45) is 7.05 Å². The molecule has 9 heteroatoms. The van der Waals surface area contributed by atoms with Crippen LogP contribution in [0.3, 0.4) is 0 Å². The molecule has 8 nitrogen and oxygen atoms in total. The van der Waals surface area contributed by atoms with Crippen LogP contribution in [0.25, 0.3) is 22.0 Å². The molecule has 0 aliphatic heterocycles. The number of aromatic hydroxyl groups is 1. The minimum Gasteiger partial charge on any atom is -0.508 e. The summed E-state index contributed by atoms with van der Waals surface area (Å²) >= 11 is 0. The first-order valence-electron chi connectivity index (χ1n) is 14.3. The van der Waals surface area contributed by atoms with E-state index in [4.69, 9.17) is 4.74 Å². The number of carbonyl (C=O) groups is 1. The van der Waals surface area contributed by atoms with Gasteiger partial charge in [-0.05, 0) is 92.3 Å². The van der Waals surface area contributed by atoms with Gasteiger partial charge in [0, 0.05) is 41.5 Å². The van der Waals surface area contributed by atoms with Crippen LogP contribution in [-0.2, 0) is 12.6 Å². The molecule has 5 rings (SSSR count). The highest BCUT2D eigenvalue weighted by molar-refractivity contribution is 6.08. The molecule has 0 aliphatic carbocycles. The Kier molecular flexibility index (Phi) is 7.86. The number of halogens is 1. The van der Waals surface area contributed by atoms with Crippen LogP contribution < -0.4 is 15.6 Å². The number of rotatable bonds is 7. The average molecular weight is 598 g/mol. The fraction of sp³-hybridized carbons (Fsp3) is 0.257. The molecule has 0 aliphatic rings. The van der Waals surface area contributed by atoms with Crippen LogP contribution >= 0.6 is 0 Å². The topological polar surface area (TPSA) is 117 Å². The number of phenolic OH excluding ortho intramolecular Hbond substituents is 1. The van der Waals surface area contributed by atoms with Gasteiger partial charge in [-0.25, -0.2) is 4.39 Å². The highest BCUT2D eigenvalue weighted by Crippen LogP contribution is 2.41. The summed E-state index contributed by atoms with van der Waals surface area (Å²) < 4.78 is 21.8. The third kappa shape index (κ3) is 5.83. The minimum atomic E-state index is -1.19. The zero-order valence-electron chi connectivity index (χ0n) is 25.8. The van der Waals surface area contributed by atoms with Gasteiger partial charge >= 0.3 is 0 Å². The van der Waals surface area contributed by atoms with Crippen molar-refractivity contribution in [2.75, 3.05) is 5.32 Å². The molecule has 0 saturated carbocycles. The van der Waals surface area contributed by atoms with Gasteiger partial charge in [-0.2, -0.15) is 0 Å². The van der Waals surface area contributed by atoms with Gasteiger partial charge < -0.3 is 29.8 Å². The highest BCUT2D eigenvalue weighted by atomic mass is 19.1. The van der Waals surface area contributed by atoms with Crippen LogP contribution in [0.1, 0.15) is 66.4 Å². The van der Waals surface area contributed by atoms with Crippen molar-refractivity contribution in [3.63, 3.8) is 0 Å². The van der Waals surface area contributed by atoms with Crippen molar-refractivity contribution >= 4 is 22.5 Å². The normalized spacial score (nSPS) is 11.8. The number of nitrogens with one attached hydrogen (secondary N) is 2. The van der Waals surface area contributed by atoms with E-state index >= 15 is 0 Å². The largest absolute Gasteiger partial charge is 0.508 e. The number of fused-ring (bicyclic) bond motifs is 1. The van der Waals surface area contributed by atoms with E-state index in [0.717, 1.165) is 5.56 Å². The molecule has 228 valence electrons. The number of H-pyrrole nitrogens is 1. The molecule has 1 amide bonds. The van der Waals surface area contributed by atoms with Crippen molar-refractivity contribution < 1.29 is 24.1 Å². The number of aromatic nitrogens is 2. The van der Waals surface area contributed by atoms with Gasteiger partial charge in [0.2, 0.25) is 0 Å². The molecule has 44 heavy (non-hydrogen) atoms. The summed E-state index contributed by atoms with van der Waals surface area (Å²) in [6.45, 7) is 10.8. The number of amides is 1. The SMILES string of the molecule is Cc1cc(F)cc(C)c1Oc1ccc(C(C)(C)O)cc1-c1cn(C)c(=O)c2[nH]c(C(=O)Nc3ccc(C(C)C)c(O)c3)cc12. The highest BCUT2D eigenvalue weighted by Gasteiger charge is 2.23. The summed E-state index contributed by atoms with van der Waals surface area (Å²) in [7, 11) is 1.61. The summed E-state index contributed by atoms with van der Waals surface area (Å²) in [4.78, 5) is 29.5. The average Bonchev–Trinajstić information content (AvgIpc) is 3.38. The van der Waals surface area contributed by atoms with Gasteiger partial charge in [-0.15, -0.1) is 0 Å². The molecule has 0 spiro atoms. The summed E-state index contributed by atoms with van der Waals surface area (Å²) in [6.07, 6.45) is 1.66. The Balaban J connectivity index is 1.64. The summed E-state index contributed by atoms with van der Waals surface area (Å²) in [6, 6.07) is 14.6. The number of aliphatic hydroxyl groups is 1. The molecule has 0 unspecified atom stereocenters. The lowest BCUT2D eigenvalue weighted by Gasteiger charge is -2.22. The Morgan fingerprint density at radius 2 is 1.70 bits per heavy atom. The lowest BCUT2D eigenvalue weighted by molar-refractivity contribution is 0.0786. The van der Waals surface area contributed by atoms with Crippen LogP contribution in [0.5, 0.6) is 17.2 Å². The second kappa shape index (κ2) is 11.3. The predicted molar refractivity (Wildman–Crippen MR) is 170 cm³/mol. The molecule has 3 aromatic carbocycles. The number of hydrogen-bond donors (Lipinski definition) is 4. The Morgan fingerprint density at radius 1 is 1.02 bits per heavy atom. The van der Waals surface area contributed by atoms with Gasteiger partial charge in [0.05, 0.1) is 5.60 Å². The standard InChI is InChI=1S/C35H36FN3O5/c1-18(2)24-10-9-23(15-29(24)40)37-33(41)28-16-26-27(17-39(7)34(42)31(26)38-28)25-14-21(35(5,6)43)8-11-30(25)44-32-19(3)12-22(36)13-20(32)4/h8-18,38,40,43H,1-7H3,(H,37,41). The third-order valence-electron chi connectivity index (χ3n) is 7.73. The molecule has 5 aromatic rings. The van der Waals surface area contributed by atoms with E-state index in [1.807, 2.05) is 13.8 Å². The Bertz CT molecular complexity index is 1960. The predicted octanol–water partition coefficient (Wildman–Crippen LogP) is 7.39. The minimum absolute atomic E-state index is 0.0800. The molecule has 0 bridgehead atoms. The van der Waals surface area contributed by atoms with Gasteiger partial charge in [-0.1, -0.05) is 26.0 Å². The van der Waals surface area contributed by atoms with E-state index in [1.165, 1.54) is 22.8 Å². The molecule has 0 saturated heterocycles. The molecule has 0 fully saturated rings. The van der Waals surface area contributed by atoms with E-state index in [9.17, 15) is 24.2 Å². The molecule has 2 heterocycles. The van der Waals surface area contributed by atoms with Crippen LogP contribution in [0, 0.1) is 19.7 Å². The number of pyridine rings is 1. The van der Waals surface area contributed by atoms with Gasteiger partial charge in [-0.3, -0.25) is 9.59 Å². The number of carbonyl (C=O) groups excluding carboxylic acids is 1. The fourth-order valence-electron chi connectivity index (χ4n) is 5.36. The van der Waals surface area contributed by atoms with E-state index < -0.39 is 11.5 Å². The summed E-state index contributed by atoms with van der Waals surface area (Å²) in [5, 5.41) is 24.5. The fourth-order valence-corrected chi connectivity index (χ4v) is 5.36. The zero-order valence-corrected chi connectivity index (χ0v) is 25.8. The summed E-state index contributed by atoms with van der Waals surface area (Å²) in [5.74, 6) is 0.243. The van der Waals surface area contributed by atoms with Crippen LogP contribution in [0.15, 0.2) is 65.6 Å². The number of phenols is 1. The van der Waals surface area contributed by atoms with Gasteiger partial charge in [0.1, 0.15) is 34.3 Å². The van der Waals surface area contributed by atoms with Crippen molar-refractivity contribution in [2.45, 2.75) is 53.1 Å². The monoisotopic (exact) mass is 597 g/mol. The lowest BCUT2D eigenvalue weighted by atomic mass is 9.93. The molecular weight excluding hydrogens is 561 g/mol. The number of aromatic amines is 1. The molecular formula is C35H36FN3O5. The quantitative estimate of drug-likeness (QED) is 0.156. The Hall–Kier alpha value is -4.89. The first-order chi connectivity index (χ1) is 20.6. The van der Waals surface area contributed by atoms with E-state index in [0.29, 0.717) is 50.4 Å². The van der Waals surface area contributed by atoms with E-state index in [-0.39, 0.29) is 34.3 Å². The Labute approximate surface area is 254 Å². The maximum absolute atomic E-state index is 14.0. The van der Waals surface area contributed by atoms with Crippen molar-refractivity contribution in [3.8, 4) is 28.4 Å².